The van der Waals surface area contributed by atoms with Crippen molar-refractivity contribution in [2.75, 3.05) is 6.61 Å². The molecule has 0 spiro atoms. The number of hydrogen-bond acceptors (Lipinski definition) is 1. The van der Waals surface area contributed by atoms with Crippen molar-refractivity contribution in [3.63, 3.8) is 0 Å². The molecule has 0 amide bonds. The van der Waals surface area contributed by atoms with Crippen LogP contribution in [-0.4, -0.2) is 24.6 Å². The Kier molecular flexibility index (Phi) is 1.82. The Labute approximate surface area is 63.3 Å². The van der Waals surface area contributed by atoms with E-state index in [1.54, 1.807) is 0 Å². The summed E-state index contributed by atoms with van der Waals surface area (Å²) < 4.78 is 75.4. The Morgan fingerprint density at radius 3 is 1.75 bits per heavy atom. The summed E-state index contributed by atoms with van der Waals surface area (Å²) >= 11 is 0. The second-order valence-electron chi connectivity index (χ2n) is 2.41. The second kappa shape index (κ2) is 2.27. The highest BCUT2D eigenvalue weighted by molar-refractivity contribution is 4.98. The molecule has 0 aromatic carbocycles. The molecule has 1 rings (SSSR count). The molecule has 1 aliphatic heterocycles. The van der Waals surface area contributed by atoms with Gasteiger partial charge in [-0.2, -0.15) is 22.0 Å². The maximum Gasteiger partial charge on any atom is 0.431 e. The Morgan fingerprint density at radius 2 is 1.58 bits per heavy atom. The van der Waals surface area contributed by atoms with E-state index in [2.05, 4.69) is 4.74 Å². The summed E-state index contributed by atoms with van der Waals surface area (Å²) in [6, 6.07) is 0. The molecule has 1 heterocycles. The molecule has 1 aliphatic rings. The van der Waals surface area contributed by atoms with Crippen LogP contribution in [0.25, 0.3) is 0 Å². The molecule has 1 fully saturated rings. The molecule has 1 atom stereocenters. The Hall–Kier alpha value is -0.460. The SMILES string of the molecule is FC(F)(F)C1(F)CCOC1(F)F. The molecule has 0 bridgehead atoms. The van der Waals surface area contributed by atoms with Gasteiger partial charge in [-0.3, -0.25) is 0 Å². The van der Waals surface area contributed by atoms with Gasteiger partial charge in [0.2, 0.25) is 0 Å². The van der Waals surface area contributed by atoms with Gasteiger partial charge in [0.15, 0.2) is 0 Å². The fourth-order valence-corrected chi connectivity index (χ4v) is 0.887. The molecule has 0 radical (unpaired) electrons. The predicted molar refractivity (Wildman–Crippen MR) is 25.4 cm³/mol. The smallest absolute Gasteiger partial charge is 0.318 e. The summed E-state index contributed by atoms with van der Waals surface area (Å²) in [5.74, 6) is 0. The minimum Gasteiger partial charge on any atom is -0.318 e. The molecule has 72 valence electrons. The number of alkyl halides is 6. The van der Waals surface area contributed by atoms with Crippen LogP contribution in [-0.2, 0) is 4.74 Å². The van der Waals surface area contributed by atoms with Crippen molar-refractivity contribution in [2.45, 2.75) is 24.4 Å². The summed E-state index contributed by atoms with van der Waals surface area (Å²) in [6.07, 6.45) is -11.7. The lowest BCUT2D eigenvalue weighted by molar-refractivity contribution is -0.347. The first kappa shape index (κ1) is 9.63. The summed E-state index contributed by atoms with van der Waals surface area (Å²) in [7, 11) is 0. The van der Waals surface area contributed by atoms with Crippen LogP contribution in [0.1, 0.15) is 6.42 Å². The third-order valence-electron chi connectivity index (χ3n) is 1.64. The molecule has 0 saturated carbocycles. The molecule has 0 aliphatic carbocycles. The quantitative estimate of drug-likeness (QED) is 0.537. The van der Waals surface area contributed by atoms with Crippen molar-refractivity contribution in [3.8, 4) is 0 Å². The normalized spacial score (nSPS) is 35.5. The van der Waals surface area contributed by atoms with Crippen molar-refractivity contribution in [1.82, 2.24) is 0 Å². The zero-order chi connectivity index (χ0) is 9.62. The zero-order valence-electron chi connectivity index (χ0n) is 5.59. The van der Waals surface area contributed by atoms with Crippen molar-refractivity contribution in [2.24, 2.45) is 0 Å². The number of halogens is 6. The van der Waals surface area contributed by atoms with Gasteiger partial charge >= 0.3 is 12.3 Å². The van der Waals surface area contributed by atoms with Crippen LogP contribution in [0.3, 0.4) is 0 Å². The van der Waals surface area contributed by atoms with Crippen LogP contribution in [0.5, 0.6) is 0 Å². The van der Waals surface area contributed by atoms with E-state index in [-0.39, 0.29) is 0 Å². The summed E-state index contributed by atoms with van der Waals surface area (Å²) in [5.41, 5.74) is -4.53. The average Bonchev–Trinajstić information content (AvgIpc) is 2.07. The number of rotatable bonds is 0. The lowest BCUT2D eigenvalue weighted by atomic mass is 10.0. The molecule has 0 aromatic rings. The molecule has 12 heavy (non-hydrogen) atoms. The summed E-state index contributed by atoms with van der Waals surface area (Å²) in [4.78, 5) is 0. The van der Waals surface area contributed by atoms with Crippen LogP contribution in [0.4, 0.5) is 26.3 Å². The lowest BCUT2D eigenvalue weighted by Gasteiger charge is -2.26. The van der Waals surface area contributed by atoms with Gasteiger partial charge in [0, 0.05) is 6.42 Å². The summed E-state index contributed by atoms with van der Waals surface area (Å²) in [5, 5.41) is 0. The molecule has 7 heteroatoms. The highest BCUT2D eigenvalue weighted by Crippen LogP contribution is 2.51. The van der Waals surface area contributed by atoms with E-state index in [9.17, 15) is 26.3 Å². The fraction of sp³-hybridized carbons (Fsp3) is 1.00. The van der Waals surface area contributed by atoms with Gasteiger partial charge in [-0.15, -0.1) is 0 Å². The largest absolute Gasteiger partial charge is 0.431 e. The Balaban J connectivity index is 2.98. The van der Waals surface area contributed by atoms with Crippen LogP contribution in [0, 0.1) is 0 Å². The molecular formula is C5H4F6O. The topological polar surface area (TPSA) is 9.23 Å². The molecule has 1 nitrogen and oxygen atoms in total. The third-order valence-corrected chi connectivity index (χ3v) is 1.64. The van der Waals surface area contributed by atoms with Crippen molar-refractivity contribution < 1.29 is 31.1 Å². The van der Waals surface area contributed by atoms with Crippen LogP contribution < -0.4 is 0 Å². The van der Waals surface area contributed by atoms with E-state index >= 15 is 0 Å². The van der Waals surface area contributed by atoms with E-state index in [1.165, 1.54) is 0 Å². The molecule has 1 saturated heterocycles. The van der Waals surface area contributed by atoms with Gasteiger partial charge < -0.3 is 4.74 Å². The zero-order valence-corrected chi connectivity index (χ0v) is 5.59. The van der Waals surface area contributed by atoms with Gasteiger partial charge in [0.05, 0.1) is 6.61 Å². The average molecular weight is 194 g/mol. The van der Waals surface area contributed by atoms with Crippen molar-refractivity contribution in [3.05, 3.63) is 0 Å². The van der Waals surface area contributed by atoms with E-state index in [1.807, 2.05) is 0 Å². The maximum absolute atomic E-state index is 12.6. The van der Waals surface area contributed by atoms with E-state index in [4.69, 9.17) is 0 Å². The monoisotopic (exact) mass is 194 g/mol. The number of hydrogen-bond donors (Lipinski definition) is 0. The van der Waals surface area contributed by atoms with Crippen molar-refractivity contribution >= 4 is 0 Å². The highest BCUT2D eigenvalue weighted by atomic mass is 19.4. The van der Waals surface area contributed by atoms with E-state index in [0.29, 0.717) is 0 Å². The van der Waals surface area contributed by atoms with Gasteiger partial charge in [-0.25, -0.2) is 4.39 Å². The minimum atomic E-state index is -5.59. The first-order valence-electron chi connectivity index (χ1n) is 2.98. The van der Waals surface area contributed by atoms with Gasteiger partial charge in [0.25, 0.3) is 5.67 Å². The molecule has 0 aromatic heterocycles. The van der Waals surface area contributed by atoms with E-state index < -0.39 is 31.0 Å². The van der Waals surface area contributed by atoms with Crippen molar-refractivity contribution in [1.29, 1.82) is 0 Å². The predicted octanol–water partition coefficient (Wildman–Crippen LogP) is 2.27. The second-order valence-corrected chi connectivity index (χ2v) is 2.41. The first-order valence-corrected chi connectivity index (χ1v) is 2.98. The lowest BCUT2D eigenvalue weighted by Crippen LogP contribution is -2.51. The molecule has 0 N–H and O–H groups in total. The Morgan fingerprint density at radius 1 is 1.08 bits per heavy atom. The van der Waals surface area contributed by atoms with Gasteiger partial charge in [-0.1, -0.05) is 0 Å². The first-order chi connectivity index (χ1) is 5.21. The standard InChI is InChI=1S/C5H4F6O/c6-3(4(7,8)9)1-2-12-5(3,10)11/h1-2H2. The van der Waals surface area contributed by atoms with Crippen LogP contribution in [0.2, 0.25) is 0 Å². The minimum absolute atomic E-state index is 0.928. The Bertz CT molecular complexity index is 187. The highest BCUT2D eigenvalue weighted by Gasteiger charge is 2.74. The summed E-state index contributed by atoms with van der Waals surface area (Å²) in [6.45, 7) is -0.928. The number of ether oxygens (including phenoxy) is 1. The fourth-order valence-electron chi connectivity index (χ4n) is 0.887. The van der Waals surface area contributed by atoms with Gasteiger partial charge in [-0.05, 0) is 0 Å². The van der Waals surface area contributed by atoms with Gasteiger partial charge in [0.1, 0.15) is 0 Å². The maximum atomic E-state index is 12.6. The third kappa shape index (κ3) is 1.07. The van der Waals surface area contributed by atoms with E-state index in [0.717, 1.165) is 0 Å². The molecular weight excluding hydrogens is 190 g/mol. The van der Waals surface area contributed by atoms with Crippen LogP contribution >= 0.6 is 0 Å². The van der Waals surface area contributed by atoms with Crippen LogP contribution in [0.15, 0.2) is 0 Å². The molecule has 1 unspecified atom stereocenters.